The fourth-order valence-corrected chi connectivity index (χ4v) is 5.58. The zero-order valence-electron chi connectivity index (χ0n) is 19.0. The second kappa shape index (κ2) is 9.42. The van der Waals surface area contributed by atoms with Crippen LogP contribution in [-0.4, -0.2) is 50.5 Å². The van der Waals surface area contributed by atoms with Crippen molar-refractivity contribution >= 4 is 33.2 Å². The summed E-state index contributed by atoms with van der Waals surface area (Å²) in [5.74, 6) is -1.25. The highest BCUT2D eigenvalue weighted by molar-refractivity contribution is 7.97. The quantitative estimate of drug-likeness (QED) is 0.626. The number of anilines is 1. The van der Waals surface area contributed by atoms with Gasteiger partial charge in [-0.2, -0.15) is 0 Å². The molecule has 1 heterocycles. The largest absolute Gasteiger partial charge is 0.462 e. The lowest BCUT2D eigenvalue weighted by Crippen LogP contribution is -2.41. The molecule has 4 rings (SSSR count). The molecule has 0 unspecified atom stereocenters. The Morgan fingerprint density at radius 2 is 1.59 bits per heavy atom. The van der Waals surface area contributed by atoms with E-state index >= 15 is 0 Å². The van der Waals surface area contributed by atoms with Gasteiger partial charge in [-0.25, -0.2) is 13.2 Å². The van der Waals surface area contributed by atoms with Crippen LogP contribution in [0, 0.1) is 5.92 Å². The molecule has 2 aromatic carbocycles. The van der Waals surface area contributed by atoms with E-state index in [1.54, 1.807) is 30.0 Å². The van der Waals surface area contributed by atoms with E-state index in [-0.39, 0.29) is 34.7 Å². The van der Waals surface area contributed by atoms with Gasteiger partial charge in [0.15, 0.2) is 4.91 Å². The number of nitrogens with zero attached hydrogens (tertiary/aromatic N) is 1. The molecule has 1 N–H and O–H groups in total. The third-order valence-corrected chi connectivity index (χ3v) is 7.49. The number of piperidine rings is 1. The zero-order valence-corrected chi connectivity index (χ0v) is 19.9. The van der Waals surface area contributed by atoms with Crippen molar-refractivity contribution in [3.05, 3.63) is 75.8 Å². The lowest BCUT2D eigenvalue weighted by Gasteiger charge is -2.35. The van der Waals surface area contributed by atoms with Gasteiger partial charge in [0.2, 0.25) is 11.6 Å². The molecule has 0 aromatic heterocycles. The highest BCUT2D eigenvalue weighted by Crippen LogP contribution is 2.34. The Bertz CT molecular complexity index is 1270. The summed E-state index contributed by atoms with van der Waals surface area (Å²) in [5.41, 5.74) is 0.626. The standard InChI is InChI=1S/C25H26N2O6S/c1-3-33-25(30)17-8-10-18(11-9-17)26-34(31,32)24-21(27-14-12-16(2)13-15-27)22(28)19-6-4-5-7-20(19)23(24)29/h4-11,16,26H,3,12-15H2,1-2H3. The molecule has 1 fully saturated rings. The summed E-state index contributed by atoms with van der Waals surface area (Å²) in [6.07, 6.45) is 1.59. The predicted molar refractivity (Wildman–Crippen MR) is 127 cm³/mol. The maximum atomic E-state index is 13.5. The number of carbonyl (C=O) groups excluding carboxylic acids is 3. The topological polar surface area (TPSA) is 110 Å². The van der Waals surface area contributed by atoms with Gasteiger partial charge in [-0.1, -0.05) is 31.2 Å². The summed E-state index contributed by atoms with van der Waals surface area (Å²) in [5, 5.41) is 0. The summed E-state index contributed by atoms with van der Waals surface area (Å²) in [6, 6.07) is 12.0. The van der Waals surface area contributed by atoms with E-state index in [4.69, 9.17) is 4.74 Å². The fraction of sp³-hybridized carbons (Fsp3) is 0.320. The van der Waals surface area contributed by atoms with Crippen molar-refractivity contribution < 1.29 is 27.5 Å². The van der Waals surface area contributed by atoms with Crippen molar-refractivity contribution in [1.29, 1.82) is 0 Å². The predicted octanol–water partition coefficient (Wildman–Crippen LogP) is 3.63. The Morgan fingerprint density at radius 1 is 1.00 bits per heavy atom. The molecule has 178 valence electrons. The molecule has 2 aromatic rings. The molecule has 1 saturated heterocycles. The van der Waals surface area contributed by atoms with Crippen LogP contribution in [0.4, 0.5) is 5.69 Å². The monoisotopic (exact) mass is 482 g/mol. The molecular formula is C25H26N2O6S. The van der Waals surface area contributed by atoms with Crippen molar-refractivity contribution in [2.24, 2.45) is 5.92 Å². The molecule has 1 aliphatic carbocycles. The third-order valence-electron chi connectivity index (χ3n) is 6.07. The Morgan fingerprint density at radius 3 is 2.18 bits per heavy atom. The molecule has 9 heteroatoms. The maximum Gasteiger partial charge on any atom is 0.338 e. The van der Waals surface area contributed by atoms with Crippen molar-refractivity contribution in [1.82, 2.24) is 4.90 Å². The number of rotatable bonds is 6. The Balaban J connectivity index is 1.74. The summed E-state index contributed by atoms with van der Waals surface area (Å²) in [7, 11) is -4.42. The van der Waals surface area contributed by atoms with Gasteiger partial charge in [0.25, 0.3) is 10.0 Å². The Hall–Kier alpha value is -3.46. The summed E-state index contributed by atoms with van der Waals surface area (Å²) >= 11 is 0. The number of Topliss-reactive ketones (excluding diaryl/α,β-unsaturated/α-hetero) is 2. The van der Waals surface area contributed by atoms with Gasteiger partial charge >= 0.3 is 5.97 Å². The second-order valence-corrected chi connectivity index (χ2v) is 10.1. The molecule has 0 amide bonds. The van der Waals surface area contributed by atoms with Crippen LogP contribution in [0.2, 0.25) is 0 Å². The number of allylic oxidation sites excluding steroid dienone is 2. The van der Waals surface area contributed by atoms with Gasteiger partial charge in [0.05, 0.1) is 12.2 Å². The number of hydrogen-bond donors (Lipinski definition) is 1. The van der Waals surface area contributed by atoms with Gasteiger partial charge in [0.1, 0.15) is 5.70 Å². The number of nitrogens with one attached hydrogen (secondary N) is 1. The zero-order chi connectivity index (χ0) is 24.5. The third kappa shape index (κ3) is 4.48. The summed E-state index contributed by atoms with van der Waals surface area (Å²) < 4.78 is 34.3. The van der Waals surface area contributed by atoms with Gasteiger partial charge in [-0.05, 0) is 49.9 Å². The number of ketones is 2. The first-order valence-electron chi connectivity index (χ1n) is 11.2. The average molecular weight is 483 g/mol. The lowest BCUT2D eigenvalue weighted by molar-refractivity contribution is 0.0526. The number of benzene rings is 2. The van der Waals surface area contributed by atoms with E-state index in [1.165, 1.54) is 30.3 Å². The van der Waals surface area contributed by atoms with Crippen LogP contribution in [0.5, 0.6) is 0 Å². The highest BCUT2D eigenvalue weighted by atomic mass is 32.2. The molecule has 8 nitrogen and oxygen atoms in total. The van der Waals surface area contributed by atoms with Crippen LogP contribution in [-0.2, 0) is 14.8 Å². The number of likely N-dealkylation sites (tertiary alicyclic amines) is 1. The molecular weight excluding hydrogens is 456 g/mol. The van der Waals surface area contributed by atoms with Crippen LogP contribution in [0.1, 0.15) is 57.8 Å². The number of sulfonamides is 1. The first-order chi connectivity index (χ1) is 16.2. The first-order valence-corrected chi connectivity index (χ1v) is 12.7. The minimum Gasteiger partial charge on any atom is -0.462 e. The smallest absolute Gasteiger partial charge is 0.338 e. The minimum absolute atomic E-state index is 0.0691. The normalized spacial score (nSPS) is 16.9. The van der Waals surface area contributed by atoms with Crippen LogP contribution in [0.25, 0.3) is 0 Å². The number of ether oxygens (including phenoxy) is 1. The van der Waals surface area contributed by atoms with Gasteiger partial charge in [-0.3, -0.25) is 14.3 Å². The Kier molecular flexibility index (Phi) is 6.56. The molecule has 0 saturated carbocycles. The van der Waals surface area contributed by atoms with Gasteiger partial charge in [0, 0.05) is 29.9 Å². The summed E-state index contributed by atoms with van der Waals surface area (Å²) in [6.45, 7) is 5.00. The van der Waals surface area contributed by atoms with Crippen molar-refractivity contribution in [2.75, 3.05) is 24.4 Å². The molecule has 0 atom stereocenters. The van der Waals surface area contributed by atoms with Gasteiger partial charge in [-0.15, -0.1) is 0 Å². The SMILES string of the molecule is CCOC(=O)c1ccc(NS(=O)(=O)C2=C(N3CCC(C)CC3)C(=O)c3ccccc3C2=O)cc1. The number of esters is 1. The molecule has 0 radical (unpaired) electrons. The van der Waals surface area contributed by atoms with Crippen LogP contribution < -0.4 is 4.72 Å². The second-order valence-electron chi connectivity index (χ2n) is 8.45. The average Bonchev–Trinajstić information content (AvgIpc) is 2.82. The van der Waals surface area contributed by atoms with E-state index < -0.39 is 32.5 Å². The molecule has 0 bridgehead atoms. The minimum atomic E-state index is -4.42. The lowest BCUT2D eigenvalue weighted by atomic mass is 9.90. The highest BCUT2D eigenvalue weighted by Gasteiger charge is 2.42. The summed E-state index contributed by atoms with van der Waals surface area (Å²) in [4.78, 5) is 39.9. The van der Waals surface area contributed by atoms with Crippen molar-refractivity contribution in [3.8, 4) is 0 Å². The van der Waals surface area contributed by atoms with E-state index in [1.807, 2.05) is 0 Å². The van der Waals surface area contributed by atoms with E-state index in [9.17, 15) is 22.8 Å². The Labute approximate surface area is 198 Å². The van der Waals surface area contributed by atoms with Crippen molar-refractivity contribution in [3.63, 3.8) is 0 Å². The molecule has 1 aliphatic heterocycles. The maximum absolute atomic E-state index is 13.5. The van der Waals surface area contributed by atoms with Gasteiger partial charge < -0.3 is 9.64 Å². The first kappa shape index (κ1) is 23.7. The van der Waals surface area contributed by atoms with Crippen LogP contribution >= 0.6 is 0 Å². The molecule has 34 heavy (non-hydrogen) atoms. The van der Waals surface area contributed by atoms with Crippen LogP contribution in [0.3, 0.4) is 0 Å². The number of fused-ring (bicyclic) bond motifs is 1. The van der Waals surface area contributed by atoms with Crippen LogP contribution in [0.15, 0.2) is 59.1 Å². The fourth-order valence-electron chi connectivity index (χ4n) is 4.20. The molecule has 0 spiro atoms. The molecule has 2 aliphatic rings. The van der Waals surface area contributed by atoms with E-state index in [0.29, 0.717) is 19.0 Å². The number of hydrogen-bond acceptors (Lipinski definition) is 7. The number of carbonyl (C=O) groups is 3. The van der Waals surface area contributed by atoms with E-state index in [2.05, 4.69) is 11.6 Å². The van der Waals surface area contributed by atoms with Crippen molar-refractivity contribution in [2.45, 2.75) is 26.7 Å². The van der Waals surface area contributed by atoms with E-state index in [0.717, 1.165) is 12.8 Å².